The minimum Gasteiger partial charge on any atom is -0.369 e. The Bertz CT molecular complexity index is 1250. The molecule has 0 aromatic carbocycles. The lowest BCUT2D eigenvalue weighted by Crippen LogP contribution is -2.29. The van der Waals surface area contributed by atoms with Crippen LogP contribution in [0.25, 0.3) is 11.7 Å². The number of imidazole rings is 1. The van der Waals surface area contributed by atoms with Gasteiger partial charge in [-0.3, -0.25) is 18.9 Å². The first kappa shape index (κ1) is 24.2. The molecule has 34 heavy (non-hydrogen) atoms. The molecule has 1 aliphatic rings. The molecule has 1 saturated heterocycles. The number of carbonyl (C=O) groups is 1. The number of thiocarbonyl (C=S) groups is 1. The summed E-state index contributed by atoms with van der Waals surface area (Å²) < 4.78 is 4.03. The summed E-state index contributed by atoms with van der Waals surface area (Å²) in [5.74, 6) is 0.324. The van der Waals surface area contributed by atoms with Crippen molar-refractivity contribution >= 4 is 51.7 Å². The van der Waals surface area contributed by atoms with Crippen molar-refractivity contribution < 1.29 is 4.79 Å². The van der Waals surface area contributed by atoms with Crippen LogP contribution >= 0.6 is 24.0 Å². The highest BCUT2D eigenvalue weighted by atomic mass is 32.2. The molecular weight excluding hydrogens is 468 g/mol. The number of amides is 1. The van der Waals surface area contributed by atoms with Gasteiger partial charge in [-0.1, -0.05) is 56.2 Å². The van der Waals surface area contributed by atoms with Crippen molar-refractivity contribution in [2.24, 2.45) is 0 Å². The van der Waals surface area contributed by atoms with Crippen LogP contribution < -0.4 is 10.9 Å². The van der Waals surface area contributed by atoms with Crippen LogP contribution in [-0.2, 0) is 11.3 Å². The maximum absolute atomic E-state index is 13.3. The molecule has 0 spiro atoms. The van der Waals surface area contributed by atoms with Crippen molar-refractivity contribution in [1.82, 2.24) is 23.8 Å². The fraction of sp³-hybridized carbons (Fsp3) is 0.375. The standard InChI is InChI=1S/C24H28N6O2S2/c1-2-3-4-6-14-30-23(32)19(34-24(30)33)16-18-21(26-10-8-12-28-15-11-25-17-28)27-20-9-5-7-13-29(20)22(18)31/h5,7,9,11,13,15-17,26H,2-4,6,8,10,12,14H2,1H3/b19-16+. The molecule has 8 nitrogen and oxygen atoms in total. The third-order valence-electron chi connectivity index (χ3n) is 5.60. The molecular formula is C24H28N6O2S2. The number of pyridine rings is 1. The van der Waals surface area contributed by atoms with Gasteiger partial charge in [-0.25, -0.2) is 9.97 Å². The molecule has 3 aromatic rings. The first-order valence-corrected chi connectivity index (χ1v) is 12.8. The van der Waals surface area contributed by atoms with Gasteiger partial charge in [0.2, 0.25) is 0 Å². The Morgan fingerprint density at radius 1 is 1.12 bits per heavy atom. The third-order valence-corrected chi connectivity index (χ3v) is 6.98. The average molecular weight is 497 g/mol. The third kappa shape index (κ3) is 5.56. The Balaban J connectivity index is 1.57. The van der Waals surface area contributed by atoms with Crippen molar-refractivity contribution in [3.05, 3.63) is 63.9 Å². The van der Waals surface area contributed by atoms with Crippen molar-refractivity contribution in [3.8, 4) is 0 Å². The molecule has 1 amide bonds. The topological polar surface area (TPSA) is 84.5 Å². The summed E-state index contributed by atoms with van der Waals surface area (Å²) in [5.41, 5.74) is 0.680. The lowest BCUT2D eigenvalue weighted by molar-refractivity contribution is -0.122. The quantitative estimate of drug-likeness (QED) is 0.242. The van der Waals surface area contributed by atoms with E-state index in [1.165, 1.54) is 16.2 Å². The van der Waals surface area contributed by atoms with E-state index in [0.29, 0.717) is 39.3 Å². The highest BCUT2D eigenvalue weighted by Gasteiger charge is 2.32. The number of thioether (sulfide) groups is 1. The smallest absolute Gasteiger partial charge is 0.267 e. The van der Waals surface area contributed by atoms with Crippen LogP contribution in [0.5, 0.6) is 0 Å². The molecule has 0 saturated carbocycles. The molecule has 3 aromatic heterocycles. The largest absolute Gasteiger partial charge is 0.369 e. The van der Waals surface area contributed by atoms with Gasteiger partial charge in [0.1, 0.15) is 15.8 Å². The molecule has 10 heteroatoms. The van der Waals surface area contributed by atoms with Gasteiger partial charge in [0.25, 0.3) is 11.5 Å². The molecule has 1 fully saturated rings. The number of carbonyl (C=O) groups excluding carboxylic acids is 1. The molecule has 0 aliphatic carbocycles. The van der Waals surface area contributed by atoms with Crippen LogP contribution in [0.15, 0.2) is 52.8 Å². The highest BCUT2D eigenvalue weighted by molar-refractivity contribution is 8.26. The van der Waals surface area contributed by atoms with Gasteiger partial charge in [0.05, 0.1) is 16.8 Å². The van der Waals surface area contributed by atoms with Gasteiger partial charge in [-0.2, -0.15) is 0 Å². The second-order valence-corrected chi connectivity index (χ2v) is 9.76. The van der Waals surface area contributed by atoms with Crippen LogP contribution in [0, 0.1) is 0 Å². The van der Waals surface area contributed by atoms with Crippen LogP contribution in [0.2, 0.25) is 0 Å². The monoisotopic (exact) mass is 496 g/mol. The molecule has 0 radical (unpaired) electrons. The summed E-state index contributed by atoms with van der Waals surface area (Å²) in [7, 11) is 0. The van der Waals surface area contributed by atoms with E-state index in [2.05, 4.69) is 22.2 Å². The molecule has 4 rings (SSSR count). The fourth-order valence-electron chi connectivity index (χ4n) is 3.78. The molecule has 4 heterocycles. The summed E-state index contributed by atoms with van der Waals surface area (Å²) in [4.78, 5) is 37.2. The Morgan fingerprint density at radius 3 is 2.79 bits per heavy atom. The first-order valence-electron chi connectivity index (χ1n) is 11.5. The molecule has 0 atom stereocenters. The number of nitrogens with one attached hydrogen (secondary N) is 1. The number of aromatic nitrogens is 4. The Kier molecular flexibility index (Phi) is 8.12. The first-order chi connectivity index (χ1) is 16.6. The van der Waals surface area contributed by atoms with Crippen LogP contribution in [0.1, 0.15) is 44.6 Å². The second-order valence-electron chi connectivity index (χ2n) is 8.08. The number of unbranched alkanes of at least 4 members (excludes halogenated alkanes) is 3. The zero-order chi connectivity index (χ0) is 23.9. The van der Waals surface area contributed by atoms with Gasteiger partial charge < -0.3 is 9.88 Å². The Hall–Kier alpha value is -2.98. The zero-order valence-electron chi connectivity index (χ0n) is 19.1. The minimum atomic E-state index is -0.226. The summed E-state index contributed by atoms with van der Waals surface area (Å²) in [6.45, 7) is 4.18. The lowest BCUT2D eigenvalue weighted by atomic mass is 10.2. The van der Waals surface area contributed by atoms with Crippen molar-refractivity contribution in [2.45, 2.75) is 45.6 Å². The molecule has 0 unspecified atom stereocenters. The van der Waals surface area contributed by atoms with Crippen molar-refractivity contribution in [1.29, 1.82) is 0 Å². The number of rotatable bonds is 11. The van der Waals surface area contributed by atoms with Crippen LogP contribution in [0.3, 0.4) is 0 Å². The summed E-state index contributed by atoms with van der Waals surface area (Å²) in [5, 5.41) is 3.30. The highest BCUT2D eigenvalue weighted by Crippen LogP contribution is 2.33. The predicted molar refractivity (Wildman–Crippen MR) is 141 cm³/mol. The summed E-state index contributed by atoms with van der Waals surface area (Å²) in [6.07, 6.45) is 13.8. The van der Waals surface area contributed by atoms with E-state index in [0.717, 1.165) is 38.6 Å². The van der Waals surface area contributed by atoms with E-state index in [9.17, 15) is 9.59 Å². The number of anilines is 1. The van der Waals surface area contributed by atoms with E-state index < -0.39 is 0 Å². The Morgan fingerprint density at radius 2 is 2.00 bits per heavy atom. The maximum Gasteiger partial charge on any atom is 0.267 e. The van der Waals surface area contributed by atoms with Crippen molar-refractivity contribution in [3.63, 3.8) is 0 Å². The van der Waals surface area contributed by atoms with Crippen LogP contribution in [-0.4, -0.2) is 47.2 Å². The normalized spacial score (nSPS) is 15.1. The summed E-state index contributed by atoms with van der Waals surface area (Å²) in [6, 6.07) is 5.42. The number of fused-ring (bicyclic) bond motifs is 1. The summed E-state index contributed by atoms with van der Waals surface area (Å²) >= 11 is 6.71. The predicted octanol–water partition coefficient (Wildman–Crippen LogP) is 4.17. The van der Waals surface area contributed by atoms with Gasteiger partial charge in [0.15, 0.2) is 0 Å². The molecule has 1 aliphatic heterocycles. The second kappa shape index (κ2) is 11.4. The maximum atomic E-state index is 13.3. The van der Waals surface area contributed by atoms with Gasteiger partial charge >= 0.3 is 0 Å². The van der Waals surface area contributed by atoms with Gasteiger partial charge in [-0.15, -0.1) is 0 Å². The molecule has 0 bridgehead atoms. The minimum absolute atomic E-state index is 0.143. The SMILES string of the molecule is CCCCCCN1C(=O)/C(=C\c2c(NCCCn3ccnc3)nc3ccccn3c2=O)SC1=S. The number of hydrogen-bond acceptors (Lipinski definition) is 7. The lowest BCUT2D eigenvalue weighted by Gasteiger charge is -2.14. The fourth-order valence-corrected chi connectivity index (χ4v) is 5.07. The van der Waals surface area contributed by atoms with Gasteiger partial charge in [-0.05, 0) is 31.1 Å². The number of hydrogen-bond donors (Lipinski definition) is 1. The van der Waals surface area contributed by atoms with E-state index >= 15 is 0 Å². The van der Waals surface area contributed by atoms with E-state index in [4.69, 9.17) is 12.2 Å². The number of aryl methyl sites for hydroxylation is 1. The van der Waals surface area contributed by atoms with E-state index in [-0.39, 0.29) is 11.5 Å². The van der Waals surface area contributed by atoms with Crippen molar-refractivity contribution in [2.75, 3.05) is 18.4 Å². The Labute approximate surface area is 208 Å². The average Bonchev–Trinajstić information content (AvgIpc) is 3.45. The van der Waals surface area contributed by atoms with E-state index in [1.807, 2.05) is 16.8 Å². The van der Waals surface area contributed by atoms with Crippen LogP contribution in [0.4, 0.5) is 5.82 Å². The zero-order valence-corrected chi connectivity index (χ0v) is 20.8. The number of nitrogens with zero attached hydrogens (tertiary/aromatic N) is 5. The molecule has 178 valence electrons. The molecule has 1 N–H and O–H groups in total. The van der Waals surface area contributed by atoms with E-state index in [1.54, 1.807) is 41.8 Å². The van der Waals surface area contributed by atoms with Gasteiger partial charge in [0, 0.05) is 38.2 Å².